The molecular weight excluding hydrogens is 503 g/mol. The van der Waals surface area contributed by atoms with Gasteiger partial charge in [0.2, 0.25) is 5.95 Å². The predicted molar refractivity (Wildman–Crippen MR) is 140 cm³/mol. The van der Waals surface area contributed by atoms with Gasteiger partial charge in [0.25, 0.3) is 0 Å². The van der Waals surface area contributed by atoms with Crippen LogP contribution in [0, 0.1) is 0 Å². The number of anilines is 1. The van der Waals surface area contributed by atoms with Crippen molar-refractivity contribution in [3.8, 4) is 0 Å². The summed E-state index contributed by atoms with van der Waals surface area (Å²) in [5.41, 5.74) is 0.110. The van der Waals surface area contributed by atoms with E-state index in [2.05, 4.69) is 56.1 Å². The van der Waals surface area contributed by atoms with Gasteiger partial charge in [-0.05, 0) is 52.8 Å². The number of aromatic nitrogens is 2. The molecule has 2 N–H and O–H groups in total. The zero-order valence-electron chi connectivity index (χ0n) is 19.5. The summed E-state index contributed by atoms with van der Waals surface area (Å²) in [6.45, 7) is 16.8. The van der Waals surface area contributed by atoms with E-state index < -0.39 is 0 Å². The maximum Gasteiger partial charge on any atom is 0.225 e. The highest BCUT2D eigenvalue weighted by atomic mass is 127. The van der Waals surface area contributed by atoms with E-state index in [9.17, 15) is 0 Å². The fourth-order valence-electron chi connectivity index (χ4n) is 4.17. The monoisotopic (exact) mass is 544 g/mol. The van der Waals surface area contributed by atoms with Crippen molar-refractivity contribution in [2.24, 2.45) is 4.99 Å². The number of hydrogen-bond donors (Lipinski definition) is 2. The van der Waals surface area contributed by atoms with Crippen LogP contribution in [0.4, 0.5) is 5.95 Å². The Morgan fingerprint density at radius 1 is 1.00 bits per heavy atom. The van der Waals surface area contributed by atoms with Gasteiger partial charge < -0.3 is 15.5 Å². The van der Waals surface area contributed by atoms with Gasteiger partial charge in [0.15, 0.2) is 5.96 Å². The van der Waals surface area contributed by atoms with E-state index in [1.807, 2.05) is 18.5 Å². The number of rotatable bonds is 8. The lowest BCUT2D eigenvalue weighted by molar-refractivity contribution is 0.102. The number of nitrogens with zero attached hydrogens (tertiary/aromatic N) is 6. The fourth-order valence-corrected chi connectivity index (χ4v) is 4.17. The van der Waals surface area contributed by atoms with Crippen molar-refractivity contribution in [2.75, 3.05) is 70.3 Å². The molecule has 0 unspecified atom stereocenters. The topological polar surface area (TPSA) is 71.9 Å². The average Bonchev–Trinajstić information content (AvgIpc) is 2.79. The van der Waals surface area contributed by atoms with Crippen LogP contribution in [0.2, 0.25) is 0 Å². The molecule has 2 saturated heterocycles. The first kappa shape index (κ1) is 26.1. The number of nitrogens with one attached hydrogen (secondary N) is 2. The minimum atomic E-state index is 0. The second-order valence-corrected chi connectivity index (χ2v) is 8.86. The van der Waals surface area contributed by atoms with E-state index in [4.69, 9.17) is 4.99 Å². The van der Waals surface area contributed by atoms with Crippen LogP contribution in [-0.2, 0) is 0 Å². The molecule has 8 nitrogen and oxygen atoms in total. The second kappa shape index (κ2) is 13.4. The summed E-state index contributed by atoms with van der Waals surface area (Å²) < 4.78 is 0. The number of hydrogen-bond acceptors (Lipinski definition) is 6. The number of piperidine rings is 1. The van der Waals surface area contributed by atoms with Gasteiger partial charge in [-0.2, -0.15) is 0 Å². The van der Waals surface area contributed by atoms with Crippen molar-refractivity contribution in [3.63, 3.8) is 0 Å². The van der Waals surface area contributed by atoms with Crippen LogP contribution < -0.4 is 15.5 Å². The minimum absolute atomic E-state index is 0. The first-order valence-corrected chi connectivity index (χ1v) is 11.6. The number of halogens is 1. The molecule has 0 atom stereocenters. The molecule has 0 radical (unpaired) electrons. The molecule has 3 heterocycles. The standard InChI is InChI=1S/C22H40N8.HI/c1-4-23-20(27-19-22(2,3)30-12-6-5-7-13-30)24-11-14-28-15-17-29(18-16-28)21-25-9-8-10-26-21;/h8-10H,4-7,11-19H2,1-3H3,(H2,23,24,27);1H. The largest absolute Gasteiger partial charge is 0.357 e. The van der Waals surface area contributed by atoms with Gasteiger partial charge in [-0.25, -0.2) is 9.97 Å². The molecule has 2 aliphatic heterocycles. The Hall–Kier alpha value is -1.20. The molecule has 9 heteroatoms. The van der Waals surface area contributed by atoms with Crippen molar-refractivity contribution in [1.29, 1.82) is 0 Å². The van der Waals surface area contributed by atoms with Gasteiger partial charge in [-0.1, -0.05) is 6.42 Å². The van der Waals surface area contributed by atoms with Gasteiger partial charge >= 0.3 is 0 Å². The Balaban J connectivity index is 0.00000341. The van der Waals surface area contributed by atoms with E-state index in [0.29, 0.717) is 0 Å². The summed E-state index contributed by atoms with van der Waals surface area (Å²) in [4.78, 5) is 21.0. The summed E-state index contributed by atoms with van der Waals surface area (Å²) in [5.74, 6) is 1.77. The Labute approximate surface area is 205 Å². The van der Waals surface area contributed by atoms with Gasteiger partial charge in [0, 0.05) is 63.7 Å². The highest BCUT2D eigenvalue weighted by Gasteiger charge is 2.27. The normalized spacial score (nSPS) is 19.1. The summed E-state index contributed by atoms with van der Waals surface area (Å²) in [7, 11) is 0. The van der Waals surface area contributed by atoms with Gasteiger partial charge in [-0.15, -0.1) is 24.0 Å². The Bertz CT molecular complexity index is 640. The van der Waals surface area contributed by atoms with Crippen molar-refractivity contribution >= 4 is 35.9 Å². The van der Waals surface area contributed by atoms with Crippen LogP contribution in [0.3, 0.4) is 0 Å². The highest BCUT2D eigenvalue weighted by molar-refractivity contribution is 14.0. The highest BCUT2D eigenvalue weighted by Crippen LogP contribution is 2.20. The number of guanidine groups is 1. The Morgan fingerprint density at radius 3 is 2.32 bits per heavy atom. The van der Waals surface area contributed by atoms with E-state index in [0.717, 1.165) is 64.3 Å². The van der Waals surface area contributed by atoms with Crippen LogP contribution in [0.25, 0.3) is 0 Å². The molecule has 0 spiro atoms. The molecule has 31 heavy (non-hydrogen) atoms. The van der Waals surface area contributed by atoms with Crippen LogP contribution in [0.5, 0.6) is 0 Å². The van der Waals surface area contributed by atoms with E-state index >= 15 is 0 Å². The van der Waals surface area contributed by atoms with Crippen molar-refractivity contribution in [2.45, 2.75) is 45.6 Å². The van der Waals surface area contributed by atoms with Gasteiger partial charge in [0.05, 0.1) is 6.54 Å². The zero-order valence-corrected chi connectivity index (χ0v) is 21.8. The van der Waals surface area contributed by atoms with E-state index in [1.54, 1.807) is 0 Å². The molecule has 0 bridgehead atoms. The van der Waals surface area contributed by atoms with Crippen LogP contribution >= 0.6 is 24.0 Å². The van der Waals surface area contributed by atoms with Crippen LogP contribution in [-0.4, -0.2) is 96.7 Å². The Morgan fingerprint density at radius 2 is 1.68 bits per heavy atom. The lowest BCUT2D eigenvalue weighted by Crippen LogP contribution is -2.51. The molecule has 2 fully saturated rings. The molecule has 1 aromatic heterocycles. The average molecular weight is 545 g/mol. The molecule has 3 rings (SSSR count). The maximum atomic E-state index is 4.90. The molecular formula is C22H41IN8. The van der Waals surface area contributed by atoms with Crippen molar-refractivity contribution < 1.29 is 0 Å². The van der Waals surface area contributed by atoms with Gasteiger partial charge in [-0.3, -0.25) is 14.8 Å². The second-order valence-electron chi connectivity index (χ2n) is 8.86. The lowest BCUT2D eigenvalue weighted by Gasteiger charge is -2.40. The molecule has 0 aliphatic carbocycles. The zero-order chi connectivity index (χ0) is 21.2. The fraction of sp³-hybridized carbons (Fsp3) is 0.773. The minimum Gasteiger partial charge on any atom is -0.357 e. The predicted octanol–water partition coefficient (Wildman–Crippen LogP) is 2.04. The smallest absolute Gasteiger partial charge is 0.225 e. The molecule has 0 saturated carbocycles. The van der Waals surface area contributed by atoms with Gasteiger partial charge in [0.1, 0.15) is 0 Å². The first-order valence-electron chi connectivity index (χ1n) is 11.6. The Kier molecular flexibility index (Phi) is 11.2. The van der Waals surface area contributed by atoms with Crippen molar-refractivity contribution in [3.05, 3.63) is 18.5 Å². The quantitative estimate of drug-likeness (QED) is 0.295. The summed E-state index contributed by atoms with van der Waals surface area (Å²) in [6, 6.07) is 1.86. The lowest BCUT2D eigenvalue weighted by atomic mass is 9.99. The maximum absolute atomic E-state index is 4.90. The van der Waals surface area contributed by atoms with Crippen LogP contribution in [0.15, 0.2) is 23.5 Å². The number of likely N-dealkylation sites (tertiary alicyclic amines) is 1. The van der Waals surface area contributed by atoms with Crippen LogP contribution in [0.1, 0.15) is 40.0 Å². The van der Waals surface area contributed by atoms with Crippen molar-refractivity contribution in [1.82, 2.24) is 30.4 Å². The summed E-state index contributed by atoms with van der Waals surface area (Å²) in [5, 5.41) is 6.93. The van der Waals surface area contributed by atoms with E-state index in [1.165, 1.54) is 32.4 Å². The number of piperazine rings is 1. The third-order valence-corrected chi connectivity index (χ3v) is 6.11. The molecule has 0 aromatic carbocycles. The third kappa shape index (κ3) is 8.34. The molecule has 0 amide bonds. The molecule has 2 aliphatic rings. The number of aliphatic imine (C=N–C) groups is 1. The first-order chi connectivity index (χ1) is 14.6. The summed E-state index contributed by atoms with van der Waals surface area (Å²) in [6.07, 6.45) is 7.62. The SMILES string of the molecule is CCNC(=NCC(C)(C)N1CCCCC1)NCCN1CCN(c2ncccn2)CC1.I. The molecule has 176 valence electrons. The summed E-state index contributed by atoms with van der Waals surface area (Å²) >= 11 is 0. The molecule has 1 aromatic rings. The van der Waals surface area contributed by atoms with E-state index in [-0.39, 0.29) is 29.5 Å². The third-order valence-electron chi connectivity index (χ3n) is 6.11.